The standard InChI is InChI=1S/C22H28N2O4/c1-4-15-7-9-18(23-13-15)21(24-11-5-6-17(14-24)22(25)26)16-8-10-19(27-2)20(12-16)28-3/h7-10,12-13,17,21H,4-6,11,14H2,1-3H3,(H,25,26). The number of rotatable bonds is 7. The van der Waals surface area contributed by atoms with E-state index in [-0.39, 0.29) is 12.0 Å². The molecule has 0 amide bonds. The van der Waals surface area contributed by atoms with E-state index < -0.39 is 5.97 Å². The van der Waals surface area contributed by atoms with Crippen LogP contribution in [-0.2, 0) is 11.2 Å². The van der Waals surface area contributed by atoms with E-state index in [0.717, 1.165) is 30.6 Å². The van der Waals surface area contributed by atoms with Gasteiger partial charge in [-0.15, -0.1) is 0 Å². The highest BCUT2D eigenvalue weighted by molar-refractivity contribution is 5.70. The van der Waals surface area contributed by atoms with Crippen molar-refractivity contribution in [1.29, 1.82) is 0 Å². The van der Waals surface area contributed by atoms with Gasteiger partial charge in [0.25, 0.3) is 0 Å². The third-order valence-corrected chi connectivity index (χ3v) is 5.43. The summed E-state index contributed by atoms with van der Waals surface area (Å²) in [5, 5.41) is 9.52. The van der Waals surface area contributed by atoms with Gasteiger partial charge in [-0.05, 0) is 55.1 Å². The lowest BCUT2D eigenvalue weighted by Crippen LogP contribution is -2.41. The third kappa shape index (κ3) is 4.28. The number of pyridine rings is 1. The number of hydrogen-bond acceptors (Lipinski definition) is 5. The fourth-order valence-corrected chi connectivity index (χ4v) is 3.84. The van der Waals surface area contributed by atoms with Crippen LogP contribution in [0.1, 0.15) is 42.6 Å². The van der Waals surface area contributed by atoms with Crippen LogP contribution >= 0.6 is 0 Å². The fourth-order valence-electron chi connectivity index (χ4n) is 3.84. The van der Waals surface area contributed by atoms with Crippen molar-refractivity contribution in [2.75, 3.05) is 27.3 Å². The molecule has 1 N–H and O–H groups in total. The minimum atomic E-state index is -0.731. The van der Waals surface area contributed by atoms with E-state index in [4.69, 9.17) is 14.5 Å². The maximum absolute atomic E-state index is 11.6. The Morgan fingerprint density at radius 1 is 1.25 bits per heavy atom. The highest BCUT2D eigenvalue weighted by Gasteiger charge is 2.32. The van der Waals surface area contributed by atoms with Crippen LogP contribution in [0.2, 0.25) is 0 Å². The minimum absolute atomic E-state index is 0.132. The Bertz CT molecular complexity index is 807. The number of carboxylic acid groups (broad SMARTS) is 1. The van der Waals surface area contributed by atoms with Gasteiger partial charge in [-0.25, -0.2) is 0 Å². The summed E-state index contributed by atoms with van der Waals surface area (Å²) in [5.74, 6) is 0.236. The van der Waals surface area contributed by atoms with Crippen molar-refractivity contribution >= 4 is 5.97 Å². The lowest BCUT2D eigenvalue weighted by molar-refractivity contribution is -0.143. The van der Waals surface area contributed by atoms with Gasteiger partial charge in [0.2, 0.25) is 0 Å². The van der Waals surface area contributed by atoms with Crippen molar-refractivity contribution in [1.82, 2.24) is 9.88 Å². The average Bonchev–Trinajstić information content (AvgIpc) is 2.74. The predicted octanol–water partition coefficient (Wildman–Crippen LogP) is 3.55. The van der Waals surface area contributed by atoms with Crippen LogP contribution in [0.4, 0.5) is 0 Å². The topological polar surface area (TPSA) is 71.9 Å². The summed E-state index contributed by atoms with van der Waals surface area (Å²) in [6.45, 7) is 3.44. The molecule has 2 aromatic rings. The number of carbonyl (C=O) groups is 1. The van der Waals surface area contributed by atoms with Gasteiger partial charge < -0.3 is 14.6 Å². The van der Waals surface area contributed by atoms with E-state index in [1.54, 1.807) is 14.2 Å². The van der Waals surface area contributed by atoms with Crippen LogP contribution in [0.25, 0.3) is 0 Å². The summed E-state index contributed by atoms with van der Waals surface area (Å²) in [6.07, 6.45) is 4.40. The summed E-state index contributed by atoms with van der Waals surface area (Å²) in [5.41, 5.74) is 3.10. The molecule has 0 saturated carbocycles. The number of methoxy groups -OCH3 is 2. The SMILES string of the molecule is CCc1ccc(C(c2ccc(OC)c(OC)c2)N2CCCC(C(=O)O)C2)nc1. The molecule has 6 nitrogen and oxygen atoms in total. The maximum atomic E-state index is 11.6. The van der Waals surface area contributed by atoms with Crippen molar-refractivity contribution in [3.05, 3.63) is 53.3 Å². The van der Waals surface area contributed by atoms with Gasteiger partial charge in [-0.3, -0.25) is 14.7 Å². The monoisotopic (exact) mass is 384 g/mol. The lowest BCUT2D eigenvalue weighted by Gasteiger charge is -2.37. The second-order valence-corrected chi connectivity index (χ2v) is 7.13. The quantitative estimate of drug-likeness (QED) is 0.787. The number of hydrogen-bond donors (Lipinski definition) is 1. The molecule has 1 aromatic carbocycles. The molecule has 0 aliphatic carbocycles. The zero-order valence-corrected chi connectivity index (χ0v) is 16.7. The minimum Gasteiger partial charge on any atom is -0.493 e. The molecule has 0 radical (unpaired) electrons. The molecule has 1 fully saturated rings. The molecule has 0 spiro atoms. The molecule has 150 valence electrons. The molecule has 1 aromatic heterocycles. The molecular weight excluding hydrogens is 356 g/mol. The molecule has 1 aliphatic heterocycles. The van der Waals surface area contributed by atoms with Crippen molar-refractivity contribution < 1.29 is 19.4 Å². The van der Waals surface area contributed by atoms with Crippen molar-refractivity contribution in [3.63, 3.8) is 0 Å². The van der Waals surface area contributed by atoms with Gasteiger partial charge >= 0.3 is 5.97 Å². The molecule has 0 bridgehead atoms. The number of benzene rings is 1. The molecule has 6 heteroatoms. The van der Waals surface area contributed by atoms with Crippen LogP contribution in [0.5, 0.6) is 11.5 Å². The fraction of sp³-hybridized carbons (Fsp3) is 0.455. The number of ether oxygens (including phenoxy) is 2. The Kier molecular flexibility index (Phi) is 6.52. The first-order chi connectivity index (χ1) is 13.6. The van der Waals surface area contributed by atoms with Gasteiger partial charge in [0, 0.05) is 12.7 Å². The normalized spacial score (nSPS) is 18.5. The molecule has 1 saturated heterocycles. The van der Waals surface area contributed by atoms with E-state index in [2.05, 4.69) is 17.9 Å². The predicted molar refractivity (Wildman–Crippen MR) is 107 cm³/mol. The number of aromatic nitrogens is 1. The summed E-state index contributed by atoms with van der Waals surface area (Å²) in [7, 11) is 3.23. The molecule has 2 atom stereocenters. The highest BCUT2D eigenvalue weighted by Crippen LogP contribution is 2.36. The third-order valence-electron chi connectivity index (χ3n) is 5.43. The molecule has 3 rings (SSSR count). The van der Waals surface area contributed by atoms with E-state index in [0.29, 0.717) is 24.5 Å². The lowest BCUT2D eigenvalue weighted by atomic mass is 9.93. The highest BCUT2D eigenvalue weighted by atomic mass is 16.5. The van der Waals surface area contributed by atoms with Gasteiger partial charge in [0.1, 0.15) is 0 Å². The molecule has 28 heavy (non-hydrogen) atoms. The second kappa shape index (κ2) is 9.06. The Morgan fingerprint density at radius 3 is 2.64 bits per heavy atom. The zero-order chi connectivity index (χ0) is 20.1. The summed E-state index contributed by atoms with van der Waals surface area (Å²) in [6, 6.07) is 9.86. The van der Waals surface area contributed by atoms with E-state index >= 15 is 0 Å². The number of carboxylic acids is 1. The van der Waals surface area contributed by atoms with E-state index in [9.17, 15) is 9.90 Å². The van der Waals surface area contributed by atoms with Gasteiger partial charge in [-0.2, -0.15) is 0 Å². The summed E-state index contributed by atoms with van der Waals surface area (Å²) >= 11 is 0. The Hall–Kier alpha value is -2.60. The first-order valence-corrected chi connectivity index (χ1v) is 9.71. The first-order valence-electron chi connectivity index (χ1n) is 9.71. The largest absolute Gasteiger partial charge is 0.493 e. The van der Waals surface area contributed by atoms with Crippen LogP contribution < -0.4 is 9.47 Å². The zero-order valence-electron chi connectivity index (χ0n) is 16.7. The molecule has 2 heterocycles. The van der Waals surface area contributed by atoms with E-state index in [1.807, 2.05) is 30.5 Å². The van der Waals surface area contributed by atoms with Crippen LogP contribution in [0, 0.1) is 5.92 Å². The van der Waals surface area contributed by atoms with Gasteiger partial charge in [0.15, 0.2) is 11.5 Å². The van der Waals surface area contributed by atoms with Crippen LogP contribution in [0.3, 0.4) is 0 Å². The number of aliphatic carboxylic acids is 1. The van der Waals surface area contributed by atoms with Gasteiger partial charge in [0.05, 0.1) is 31.9 Å². The Balaban J connectivity index is 2.02. The van der Waals surface area contributed by atoms with Gasteiger partial charge in [-0.1, -0.05) is 19.1 Å². The van der Waals surface area contributed by atoms with Crippen molar-refractivity contribution in [2.45, 2.75) is 32.2 Å². The second-order valence-electron chi connectivity index (χ2n) is 7.13. The maximum Gasteiger partial charge on any atom is 0.307 e. The Morgan fingerprint density at radius 2 is 2.04 bits per heavy atom. The molecular formula is C22H28N2O4. The number of piperidine rings is 1. The Labute approximate surface area is 166 Å². The summed E-state index contributed by atoms with van der Waals surface area (Å²) in [4.78, 5) is 18.5. The average molecular weight is 384 g/mol. The van der Waals surface area contributed by atoms with Crippen molar-refractivity contribution in [3.8, 4) is 11.5 Å². The number of nitrogens with zero attached hydrogens (tertiary/aromatic N) is 2. The van der Waals surface area contributed by atoms with Crippen LogP contribution in [0.15, 0.2) is 36.5 Å². The number of aryl methyl sites for hydroxylation is 1. The number of likely N-dealkylation sites (tertiary alicyclic amines) is 1. The van der Waals surface area contributed by atoms with Crippen LogP contribution in [-0.4, -0.2) is 48.3 Å². The molecule has 1 aliphatic rings. The van der Waals surface area contributed by atoms with Crippen molar-refractivity contribution in [2.24, 2.45) is 5.92 Å². The first kappa shape index (κ1) is 20.1. The summed E-state index contributed by atoms with van der Waals surface area (Å²) < 4.78 is 10.9. The van der Waals surface area contributed by atoms with E-state index in [1.165, 1.54) is 5.56 Å². The molecule has 2 unspecified atom stereocenters. The smallest absolute Gasteiger partial charge is 0.307 e.